The number of ketones is 1. The molecule has 4 rings (SSSR count). The predicted molar refractivity (Wildman–Crippen MR) is 138 cm³/mol. The number of alkyl halides is 3. The van der Waals surface area contributed by atoms with Crippen molar-refractivity contribution in [3.8, 4) is 6.07 Å². The second kappa shape index (κ2) is 10.5. The Bertz CT molecular complexity index is 1410. The van der Waals surface area contributed by atoms with Crippen molar-refractivity contribution in [2.75, 3.05) is 4.90 Å². The van der Waals surface area contributed by atoms with Crippen molar-refractivity contribution in [2.24, 2.45) is 11.3 Å². The summed E-state index contributed by atoms with van der Waals surface area (Å²) in [6.45, 7) is 6.29. The van der Waals surface area contributed by atoms with Gasteiger partial charge >= 0.3 is 12.2 Å². The van der Waals surface area contributed by atoms with E-state index in [0.717, 1.165) is 34.4 Å². The SMILES string of the molecule is CC1=C(C(=O)C2CCC2)[C@@H](c2ccc(C#N)cc2)N(C(C(=O)[O-])C(C)(C)C)C(=O)N1c1cccc(C(F)(F)F)c1. The van der Waals surface area contributed by atoms with E-state index in [1.54, 1.807) is 32.9 Å². The fourth-order valence-electron chi connectivity index (χ4n) is 5.37. The van der Waals surface area contributed by atoms with Crippen LogP contribution in [0.4, 0.5) is 23.7 Å². The van der Waals surface area contributed by atoms with Gasteiger partial charge in [-0.3, -0.25) is 9.69 Å². The minimum atomic E-state index is -4.69. The minimum absolute atomic E-state index is 0.123. The number of halogens is 3. The molecule has 2 amide bonds. The van der Waals surface area contributed by atoms with Gasteiger partial charge in [-0.15, -0.1) is 0 Å². The Hall–Kier alpha value is -4.13. The quantitative estimate of drug-likeness (QED) is 0.479. The molecule has 2 atom stereocenters. The first kappa shape index (κ1) is 28.9. The van der Waals surface area contributed by atoms with Gasteiger partial charge in [-0.05, 0) is 61.1 Å². The molecule has 2 aromatic carbocycles. The van der Waals surface area contributed by atoms with Crippen LogP contribution in [-0.4, -0.2) is 28.7 Å². The van der Waals surface area contributed by atoms with Gasteiger partial charge in [0.1, 0.15) is 0 Å². The molecule has 0 N–H and O–H groups in total. The number of urea groups is 1. The fraction of sp³-hybridized carbons (Fsp3) is 0.400. The van der Waals surface area contributed by atoms with E-state index in [4.69, 9.17) is 0 Å². The van der Waals surface area contributed by atoms with E-state index in [9.17, 15) is 37.9 Å². The first-order valence-corrected chi connectivity index (χ1v) is 12.9. The number of anilines is 1. The first-order chi connectivity index (χ1) is 18.7. The van der Waals surface area contributed by atoms with Crippen molar-refractivity contribution in [1.29, 1.82) is 5.26 Å². The lowest BCUT2D eigenvalue weighted by Crippen LogP contribution is -2.63. The molecule has 0 aromatic heterocycles. The third-order valence-electron chi connectivity index (χ3n) is 7.54. The highest BCUT2D eigenvalue weighted by Gasteiger charge is 2.49. The largest absolute Gasteiger partial charge is 0.548 e. The zero-order valence-corrected chi connectivity index (χ0v) is 22.6. The van der Waals surface area contributed by atoms with Crippen LogP contribution in [0.25, 0.3) is 0 Å². The molecular formula is C30H29F3N3O4-. The molecule has 1 unspecified atom stereocenters. The van der Waals surface area contributed by atoms with E-state index in [1.807, 2.05) is 6.07 Å². The maximum absolute atomic E-state index is 14.3. The van der Waals surface area contributed by atoms with Crippen LogP contribution < -0.4 is 10.0 Å². The van der Waals surface area contributed by atoms with Crippen LogP contribution in [0.15, 0.2) is 59.8 Å². The maximum Gasteiger partial charge on any atom is 0.416 e. The molecule has 0 radical (unpaired) electrons. The number of nitriles is 1. The highest BCUT2D eigenvalue weighted by molar-refractivity contribution is 6.07. The van der Waals surface area contributed by atoms with Gasteiger partial charge in [-0.2, -0.15) is 18.4 Å². The summed E-state index contributed by atoms with van der Waals surface area (Å²) in [5.41, 5.74) is -1.26. The van der Waals surface area contributed by atoms with E-state index < -0.39 is 41.2 Å². The second-order valence-electron chi connectivity index (χ2n) is 11.3. The molecule has 1 saturated carbocycles. The standard InChI is InChI=1S/C30H30F3N3O4/c1-17-23(25(37)20-7-5-8-20)24(19-13-11-18(16-34)12-14-19)36(26(27(38)39)29(2,3)4)28(40)35(17)22-10-6-9-21(15-22)30(31,32)33/h6,9-15,20,24,26H,5,7-8H2,1-4H3,(H,38,39)/p-1/t24-,26?/m1/s1. The van der Waals surface area contributed by atoms with Gasteiger partial charge in [0.2, 0.25) is 0 Å². The third kappa shape index (κ3) is 5.20. The van der Waals surface area contributed by atoms with Gasteiger partial charge in [-0.25, -0.2) is 4.79 Å². The first-order valence-electron chi connectivity index (χ1n) is 12.9. The molecule has 10 heteroatoms. The van der Waals surface area contributed by atoms with Crippen LogP contribution in [0, 0.1) is 22.7 Å². The Labute approximate surface area is 230 Å². The van der Waals surface area contributed by atoms with Crippen molar-refractivity contribution < 1.29 is 32.7 Å². The van der Waals surface area contributed by atoms with Crippen LogP contribution in [0.2, 0.25) is 0 Å². The smallest absolute Gasteiger partial charge is 0.416 e. The number of carboxylic acids is 1. The molecule has 7 nitrogen and oxygen atoms in total. The number of Topliss-reactive ketones (excluding diaryl/α,β-unsaturated/α-hetero) is 1. The average Bonchev–Trinajstić information content (AvgIpc) is 2.83. The van der Waals surface area contributed by atoms with Gasteiger partial charge in [0, 0.05) is 17.2 Å². The summed E-state index contributed by atoms with van der Waals surface area (Å²) in [5.74, 6) is -2.22. The number of carbonyl (C=O) groups excluding carboxylic acids is 3. The van der Waals surface area contributed by atoms with Crippen molar-refractivity contribution in [3.05, 3.63) is 76.5 Å². The second-order valence-corrected chi connectivity index (χ2v) is 11.3. The molecule has 0 spiro atoms. The topological polar surface area (TPSA) is 105 Å². The summed E-state index contributed by atoms with van der Waals surface area (Å²) in [4.78, 5) is 42.9. The van der Waals surface area contributed by atoms with Gasteiger partial charge in [0.05, 0.1) is 40.9 Å². The molecule has 0 bridgehead atoms. The van der Waals surface area contributed by atoms with Crippen LogP contribution in [0.1, 0.15) is 69.7 Å². The fourth-order valence-corrected chi connectivity index (χ4v) is 5.37. The zero-order chi connectivity index (χ0) is 29.6. The Morgan fingerprint density at radius 3 is 2.17 bits per heavy atom. The minimum Gasteiger partial charge on any atom is -0.548 e. The lowest BCUT2D eigenvalue weighted by Gasteiger charge is -2.50. The number of hydrogen-bond donors (Lipinski definition) is 0. The number of allylic oxidation sites excluding steroid dienone is 1. The van der Waals surface area contributed by atoms with E-state index in [-0.39, 0.29) is 28.7 Å². The average molecular weight is 553 g/mol. The molecule has 1 fully saturated rings. The van der Waals surface area contributed by atoms with Crippen LogP contribution in [0.5, 0.6) is 0 Å². The molecule has 40 heavy (non-hydrogen) atoms. The van der Waals surface area contributed by atoms with E-state index >= 15 is 0 Å². The monoisotopic (exact) mass is 552 g/mol. The Kier molecular flexibility index (Phi) is 7.54. The summed E-state index contributed by atoms with van der Waals surface area (Å²) in [6, 6.07) is 8.63. The van der Waals surface area contributed by atoms with Crippen molar-refractivity contribution in [3.63, 3.8) is 0 Å². The number of rotatable bonds is 6. The number of carboxylic acid groups (broad SMARTS) is 1. The number of hydrogen-bond acceptors (Lipinski definition) is 5. The van der Waals surface area contributed by atoms with Gasteiger partial charge in [0.15, 0.2) is 5.78 Å². The number of aliphatic carboxylic acids is 1. The summed E-state index contributed by atoms with van der Waals surface area (Å²) in [6.07, 6.45) is -2.65. The zero-order valence-electron chi connectivity index (χ0n) is 22.6. The van der Waals surface area contributed by atoms with Crippen LogP contribution in [-0.2, 0) is 15.8 Å². The third-order valence-corrected chi connectivity index (χ3v) is 7.54. The number of nitrogens with zero attached hydrogens (tertiary/aromatic N) is 3. The van der Waals surface area contributed by atoms with Crippen LogP contribution >= 0.6 is 0 Å². The molecule has 1 aliphatic carbocycles. The normalized spacial score (nSPS) is 19.2. The van der Waals surface area contributed by atoms with Gasteiger partial charge < -0.3 is 14.8 Å². The molecular weight excluding hydrogens is 523 g/mol. The van der Waals surface area contributed by atoms with Crippen molar-refractivity contribution in [1.82, 2.24) is 4.90 Å². The Morgan fingerprint density at radius 1 is 1.07 bits per heavy atom. The van der Waals surface area contributed by atoms with E-state index in [2.05, 4.69) is 0 Å². The summed E-state index contributed by atoms with van der Waals surface area (Å²) in [7, 11) is 0. The molecule has 210 valence electrons. The van der Waals surface area contributed by atoms with Gasteiger partial charge in [-0.1, -0.05) is 45.4 Å². The van der Waals surface area contributed by atoms with Gasteiger partial charge in [0.25, 0.3) is 0 Å². The molecule has 2 aromatic rings. The molecule has 0 saturated heterocycles. The van der Waals surface area contributed by atoms with Crippen molar-refractivity contribution >= 4 is 23.5 Å². The number of carbonyl (C=O) groups is 3. The summed E-state index contributed by atoms with van der Waals surface area (Å²) < 4.78 is 40.9. The highest BCUT2D eigenvalue weighted by Crippen LogP contribution is 2.46. The summed E-state index contributed by atoms with van der Waals surface area (Å²) >= 11 is 0. The van der Waals surface area contributed by atoms with Crippen molar-refractivity contribution in [2.45, 2.75) is 65.2 Å². The lowest BCUT2D eigenvalue weighted by atomic mass is 9.75. The predicted octanol–water partition coefficient (Wildman–Crippen LogP) is 5.37. The number of amides is 2. The Morgan fingerprint density at radius 2 is 1.70 bits per heavy atom. The lowest BCUT2D eigenvalue weighted by molar-refractivity contribution is -0.314. The molecule has 1 heterocycles. The highest BCUT2D eigenvalue weighted by atomic mass is 19.4. The molecule has 1 aliphatic heterocycles. The maximum atomic E-state index is 14.3. The number of benzene rings is 2. The summed E-state index contributed by atoms with van der Waals surface area (Å²) in [5, 5.41) is 21.9. The van der Waals surface area contributed by atoms with E-state index in [0.29, 0.717) is 24.0 Å². The van der Waals surface area contributed by atoms with Crippen LogP contribution in [0.3, 0.4) is 0 Å². The Balaban J connectivity index is 2.04. The molecule has 2 aliphatic rings. The van der Waals surface area contributed by atoms with E-state index in [1.165, 1.54) is 25.1 Å².